The van der Waals surface area contributed by atoms with E-state index in [-0.39, 0.29) is 23.1 Å². The third-order valence-electron chi connectivity index (χ3n) is 4.61. The molecule has 5 heteroatoms. The van der Waals surface area contributed by atoms with E-state index in [0.29, 0.717) is 29.7 Å². The number of hydrogen-bond donors (Lipinski definition) is 3. The molecule has 2 unspecified atom stereocenters. The molecular formula is C16H19NO4. The van der Waals surface area contributed by atoms with Gasteiger partial charge in [-0.15, -0.1) is 0 Å². The van der Waals surface area contributed by atoms with E-state index in [0.717, 1.165) is 0 Å². The van der Waals surface area contributed by atoms with Crippen molar-refractivity contribution in [2.45, 2.75) is 39.0 Å². The molecule has 1 aliphatic carbocycles. The fraction of sp³-hybridized carbons (Fsp3) is 0.438. The molecule has 1 aromatic carbocycles. The molecule has 3 N–H and O–H groups in total. The monoisotopic (exact) mass is 289 g/mol. The number of para-hydroxylation sites is 1. The molecule has 0 spiro atoms. The Balaban J connectivity index is 1.84. The normalized spacial score (nSPS) is 24.0. The van der Waals surface area contributed by atoms with Crippen LogP contribution in [0, 0.1) is 5.41 Å². The summed E-state index contributed by atoms with van der Waals surface area (Å²) in [5.74, 6) is -0.550. The average Bonchev–Trinajstić information content (AvgIpc) is 2.81. The van der Waals surface area contributed by atoms with E-state index >= 15 is 0 Å². The number of rotatable bonds is 4. The molecule has 5 nitrogen and oxygen atoms in total. The molecule has 21 heavy (non-hydrogen) atoms. The summed E-state index contributed by atoms with van der Waals surface area (Å²) in [5, 5.41) is 23.1. The van der Waals surface area contributed by atoms with E-state index in [1.165, 1.54) is 0 Å². The zero-order valence-electron chi connectivity index (χ0n) is 12.1. The van der Waals surface area contributed by atoms with Gasteiger partial charge < -0.3 is 19.9 Å². The smallest absolute Gasteiger partial charge is 0.339 e. The minimum atomic E-state index is -0.982. The maximum atomic E-state index is 11.5. The van der Waals surface area contributed by atoms with Crippen LogP contribution in [0.3, 0.4) is 0 Å². The number of aromatic carboxylic acids is 1. The molecule has 2 atom stereocenters. The second kappa shape index (κ2) is 4.86. The molecule has 3 rings (SSSR count). The molecule has 1 fully saturated rings. The maximum Gasteiger partial charge on any atom is 0.339 e. The maximum absolute atomic E-state index is 11.5. The summed E-state index contributed by atoms with van der Waals surface area (Å²) in [4.78, 5) is 11.5. The van der Waals surface area contributed by atoms with Crippen LogP contribution < -0.4 is 5.32 Å². The molecule has 0 bridgehead atoms. The van der Waals surface area contributed by atoms with Crippen molar-refractivity contribution in [3.8, 4) is 0 Å². The highest BCUT2D eigenvalue weighted by molar-refractivity contribution is 6.03. The molecular weight excluding hydrogens is 270 g/mol. The zero-order chi connectivity index (χ0) is 15.2. The van der Waals surface area contributed by atoms with Crippen LogP contribution in [-0.2, 0) is 6.54 Å². The second-order valence-electron chi connectivity index (χ2n) is 6.21. The lowest BCUT2D eigenvalue weighted by Gasteiger charge is -2.49. The van der Waals surface area contributed by atoms with Gasteiger partial charge in [-0.05, 0) is 12.5 Å². The Labute approximate surface area is 122 Å². The fourth-order valence-electron chi connectivity index (χ4n) is 2.92. The van der Waals surface area contributed by atoms with Crippen LogP contribution >= 0.6 is 0 Å². The number of aliphatic hydroxyl groups excluding tert-OH is 1. The predicted octanol–water partition coefficient (Wildman–Crippen LogP) is 2.38. The van der Waals surface area contributed by atoms with E-state index < -0.39 is 5.97 Å². The van der Waals surface area contributed by atoms with Gasteiger partial charge in [0.05, 0.1) is 12.6 Å². The first-order valence-electron chi connectivity index (χ1n) is 7.06. The van der Waals surface area contributed by atoms with E-state index in [4.69, 9.17) is 4.42 Å². The van der Waals surface area contributed by atoms with Crippen molar-refractivity contribution in [2.75, 3.05) is 0 Å². The van der Waals surface area contributed by atoms with E-state index in [2.05, 4.69) is 5.32 Å². The Morgan fingerprint density at radius 1 is 1.43 bits per heavy atom. The van der Waals surface area contributed by atoms with E-state index in [9.17, 15) is 15.0 Å². The second-order valence-corrected chi connectivity index (χ2v) is 6.21. The third kappa shape index (κ3) is 2.22. The molecule has 112 valence electrons. The minimum absolute atomic E-state index is 0.155. The van der Waals surface area contributed by atoms with Gasteiger partial charge in [0, 0.05) is 16.8 Å². The first kappa shape index (κ1) is 14.1. The Morgan fingerprint density at radius 3 is 2.76 bits per heavy atom. The standard InChI is InChI=1S/C16H19NO4/c1-16(2)12(7-13(16)18)17-8-11-14(15(19)20)9-5-3-4-6-10(9)21-11/h3-6,12-13,17-18H,7-8H2,1-2H3,(H,19,20). The molecule has 0 radical (unpaired) electrons. The Morgan fingerprint density at radius 2 is 2.14 bits per heavy atom. The number of furan rings is 1. The molecule has 1 aromatic heterocycles. The number of fused-ring (bicyclic) bond motifs is 1. The predicted molar refractivity (Wildman–Crippen MR) is 78.2 cm³/mol. The van der Waals surface area contributed by atoms with Crippen LogP contribution in [0.4, 0.5) is 0 Å². The molecule has 1 heterocycles. The van der Waals surface area contributed by atoms with Gasteiger partial charge in [0.25, 0.3) is 0 Å². The number of nitrogens with one attached hydrogen (secondary N) is 1. The van der Waals surface area contributed by atoms with Crippen molar-refractivity contribution in [1.82, 2.24) is 5.32 Å². The summed E-state index contributed by atoms with van der Waals surface area (Å²) in [5.41, 5.74) is 0.602. The minimum Gasteiger partial charge on any atom is -0.478 e. The van der Waals surface area contributed by atoms with E-state index in [1.54, 1.807) is 18.2 Å². The Hall–Kier alpha value is -1.85. The lowest BCUT2D eigenvalue weighted by Crippen LogP contribution is -2.59. The SMILES string of the molecule is CC1(C)C(O)CC1NCc1oc2ccccc2c1C(=O)O. The number of hydrogen-bond acceptors (Lipinski definition) is 4. The lowest BCUT2D eigenvalue weighted by atomic mass is 9.64. The van der Waals surface area contributed by atoms with Crippen molar-refractivity contribution in [1.29, 1.82) is 0 Å². The molecule has 1 aliphatic rings. The van der Waals surface area contributed by atoms with Crippen molar-refractivity contribution >= 4 is 16.9 Å². The van der Waals surface area contributed by atoms with Gasteiger partial charge in [0.15, 0.2) is 0 Å². The summed E-state index contributed by atoms with van der Waals surface area (Å²) >= 11 is 0. The van der Waals surface area contributed by atoms with Gasteiger partial charge in [-0.2, -0.15) is 0 Å². The highest BCUT2D eigenvalue weighted by Gasteiger charge is 2.47. The number of aliphatic hydroxyl groups is 1. The first-order chi connectivity index (χ1) is 9.91. The largest absolute Gasteiger partial charge is 0.478 e. The zero-order valence-corrected chi connectivity index (χ0v) is 12.1. The van der Waals surface area contributed by atoms with Crippen molar-refractivity contribution in [3.63, 3.8) is 0 Å². The quantitative estimate of drug-likeness (QED) is 0.805. The van der Waals surface area contributed by atoms with E-state index in [1.807, 2.05) is 19.9 Å². The van der Waals surface area contributed by atoms with Gasteiger partial charge in [-0.1, -0.05) is 32.0 Å². The van der Waals surface area contributed by atoms with Crippen LogP contribution in [0.25, 0.3) is 11.0 Å². The molecule has 0 saturated heterocycles. The number of carboxylic acid groups (broad SMARTS) is 1. The molecule has 2 aromatic rings. The van der Waals surface area contributed by atoms with Crippen molar-refractivity contribution < 1.29 is 19.4 Å². The van der Waals surface area contributed by atoms with Crippen LogP contribution in [0.2, 0.25) is 0 Å². The fourth-order valence-corrected chi connectivity index (χ4v) is 2.92. The Bertz CT molecular complexity index is 689. The summed E-state index contributed by atoms with van der Waals surface area (Å²) < 4.78 is 5.67. The summed E-state index contributed by atoms with van der Waals surface area (Å²) in [6.07, 6.45) is 0.361. The summed E-state index contributed by atoms with van der Waals surface area (Å²) in [7, 11) is 0. The molecule has 0 aliphatic heterocycles. The third-order valence-corrected chi connectivity index (χ3v) is 4.61. The van der Waals surface area contributed by atoms with Gasteiger partial charge in [-0.25, -0.2) is 4.79 Å². The highest BCUT2D eigenvalue weighted by atomic mass is 16.4. The van der Waals surface area contributed by atoms with Crippen LogP contribution in [0.1, 0.15) is 36.4 Å². The number of carboxylic acids is 1. The van der Waals surface area contributed by atoms with Crippen LogP contribution in [0.5, 0.6) is 0 Å². The topological polar surface area (TPSA) is 82.7 Å². The summed E-state index contributed by atoms with van der Waals surface area (Å²) in [6.45, 7) is 4.34. The molecule has 1 saturated carbocycles. The van der Waals surface area contributed by atoms with Gasteiger partial charge in [-0.3, -0.25) is 0 Å². The number of carbonyl (C=O) groups is 1. The van der Waals surface area contributed by atoms with Gasteiger partial charge >= 0.3 is 5.97 Å². The number of benzene rings is 1. The highest BCUT2D eigenvalue weighted by Crippen LogP contribution is 2.40. The first-order valence-corrected chi connectivity index (χ1v) is 7.06. The lowest BCUT2D eigenvalue weighted by molar-refractivity contribution is -0.0734. The van der Waals surface area contributed by atoms with Gasteiger partial charge in [0.1, 0.15) is 16.9 Å². The summed E-state index contributed by atoms with van der Waals surface area (Å²) in [6, 6.07) is 7.29. The van der Waals surface area contributed by atoms with Crippen LogP contribution in [-0.4, -0.2) is 28.3 Å². The van der Waals surface area contributed by atoms with Crippen molar-refractivity contribution in [2.24, 2.45) is 5.41 Å². The molecule has 0 amide bonds. The average molecular weight is 289 g/mol. The van der Waals surface area contributed by atoms with Gasteiger partial charge in [0.2, 0.25) is 0 Å². The Kier molecular flexibility index (Phi) is 3.26. The van der Waals surface area contributed by atoms with Crippen molar-refractivity contribution in [3.05, 3.63) is 35.6 Å². The van der Waals surface area contributed by atoms with Crippen LogP contribution in [0.15, 0.2) is 28.7 Å².